The zero-order valence-electron chi connectivity index (χ0n) is 13.5. The minimum Gasteiger partial charge on any atom is -0.399 e. The fourth-order valence-electron chi connectivity index (χ4n) is 3.13. The Hall–Kier alpha value is -1.55. The SMILES string of the molecule is CC1(C)CN(C(=O)CCc2ccccc2N)CC(C)(C)O1. The van der Waals surface area contributed by atoms with Gasteiger partial charge in [0.1, 0.15) is 0 Å². The Morgan fingerprint density at radius 3 is 2.33 bits per heavy atom. The number of para-hydroxylation sites is 1. The van der Waals surface area contributed by atoms with Gasteiger partial charge in [-0.15, -0.1) is 0 Å². The second kappa shape index (κ2) is 5.68. The van der Waals surface area contributed by atoms with Crippen LogP contribution in [0.5, 0.6) is 0 Å². The predicted octanol–water partition coefficient (Wildman–Crippen LogP) is 2.62. The fraction of sp³-hybridized carbons (Fsp3) is 0.588. The molecule has 1 amide bonds. The van der Waals surface area contributed by atoms with Crippen LogP contribution in [0.15, 0.2) is 24.3 Å². The van der Waals surface area contributed by atoms with Crippen LogP contribution < -0.4 is 5.73 Å². The number of nitrogens with two attached hydrogens (primary N) is 1. The van der Waals surface area contributed by atoms with Gasteiger partial charge in [-0.05, 0) is 45.7 Å². The minimum atomic E-state index is -0.302. The lowest BCUT2D eigenvalue weighted by molar-refractivity contribution is -0.187. The number of amides is 1. The highest BCUT2D eigenvalue weighted by Gasteiger charge is 2.39. The quantitative estimate of drug-likeness (QED) is 0.871. The molecule has 2 rings (SSSR count). The van der Waals surface area contributed by atoms with E-state index in [1.165, 1.54) is 0 Å². The number of hydrogen-bond donors (Lipinski definition) is 1. The highest BCUT2D eigenvalue weighted by Crippen LogP contribution is 2.28. The molecule has 0 bridgehead atoms. The van der Waals surface area contributed by atoms with Crippen LogP contribution in [0.4, 0.5) is 5.69 Å². The topological polar surface area (TPSA) is 55.6 Å². The summed E-state index contributed by atoms with van der Waals surface area (Å²) in [5.41, 5.74) is 7.12. The molecule has 1 fully saturated rings. The van der Waals surface area contributed by atoms with Gasteiger partial charge in [0, 0.05) is 25.2 Å². The van der Waals surface area contributed by atoms with Gasteiger partial charge in [-0.25, -0.2) is 0 Å². The Labute approximate surface area is 127 Å². The number of nitrogen functional groups attached to an aromatic ring is 1. The minimum absolute atomic E-state index is 0.169. The van der Waals surface area contributed by atoms with Gasteiger partial charge in [0.05, 0.1) is 11.2 Å². The third-order valence-electron chi connectivity index (χ3n) is 3.71. The lowest BCUT2D eigenvalue weighted by atomic mass is 9.98. The van der Waals surface area contributed by atoms with Crippen molar-refractivity contribution in [1.82, 2.24) is 4.90 Å². The summed E-state index contributed by atoms with van der Waals surface area (Å²) in [6.45, 7) is 9.40. The average Bonchev–Trinajstić information content (AvgIpc) is 2.33. The number of carbonyl (C=O) groups is 1. The molecule has 1 heterocycles. The molecule has 1 aliphatic rings. The molecule has 4 nitrogen and oxygen atoms in total. The molecule has 1 saturated heterocycles. The molecule has 0 aromatic heterocycles. The number of benzene rings is 1. The Balaban J connectivity index is 1.99. The average molecular weight is 290 g/mol. The van der Waals surface area contributed by atoms with E-state index in [9.17, 15) is 4.79 Å². The molecular weight excluding hydrogens is 264 g/mol. The number of rotatable bonds is 3. The third-order valence-corrected chi connectivity index (χ3v) is 3.71. The molecule has 1 aromatic rings. The van der Waals surface area contributed by atoms with E-state index in [0.29, 0.717) is 25.9 Å². The Morgan fingerprint density at radius 2 is 1.76 bits per heavy atom. The highest BCUT2D eigenvalue weighted by atomic mass is 16.5. The Morgan fingerprint density at radius 1 is 1.19 bits per heavy atom. The van der Waals surface area contributed by atoms with Crippen molar-refractivity contribution in [2.24, 2.45) is 0 Å². The van der Waals surface area contributed by atoms with Gasteiger partial charge >= 0.3 is 0 Å². The zero-order chi connectivity index (χ0) is 15.7. The maximum Gasteiger partial charge on any atom is 0.223 e. The lowest BCUT2D eigenvalue weighted by Crippen LogP contribution is -2.58. The van der Waals surface area contributed by atoms with Gasteiger partial charge in [-0.3, -0.25) is 4.79 Å². The van der Waals surface area contributed by atoms with E-state index >= 15 is 0 Å². The Kier molecular flexibility index (Phi) is 4.28. The third kappa shape index (κ3) is 4.21. The van der Waals surface area contributed by atoms with Crippen molar-refractivity contribution < 1.29 is 9.53 Å². The van der Waals surface area contributed by atoms with Crippen LogP contribution in [0.2, 0.25) is 0 Å². The van der Waals surface area contributed by atoms with Crippen LogP contribution in [-0.4, -0.2) is 35.1 Å². The first kappa shape index (κ1) is 15.8. The van der Waals surface area contributed by atoms with Gasteiger partial charge in [0.15, 0.2) is 0 Å². The van der Waals surface area contributed by atoms with Crippen LogP contribution in [-0.2, 0) is 16.0 Å². The molecule has 0 aliphatic carbocycles. The van der Waals surface area contributed by atoms with E-state index in [1.54, 1.807) is 0 Å². The van der Waals surface area contributed by atoms with Crippen molar-refractivity contribution in [2.75, 3.05) is 18.8 Å². The van der Waals surface area contributed by atoms with E-state index in [4.69, 9.17) is 10.5 Å². The Bertz CT molecular complexity index is 507. The van der Waals surface area contributed by atoms with Gasteiger partial charge in [-0.2, -0.15) is 0 Å². The normalized spacial score (nSPS) is 20.3. The van der Waals surface area contributed by atoms with Crippen molar-refractivity contribution in [3.05, 3.63) is 29.8 Å². The van der Waals surface area contributed by atoms with Crippen molar-refractivity contribution in [2.45, 2.75) is 51.7 Å². The van der Waals surface area contributed by atoms with Crippen LogP contribution in [0.1, 0.15) is 39.7 Å². The lowest BCUT2D eigenvalue weighted by Gasteiger charge is -2.47. The molecule has 4 heteroatoms. The van der Waals surface area contributed by atoms with E-state index in [-0.39, 0.29) is 17.1 Å². The van der Waals surface area contributed by atoms with Crippen molar-refractivity contribution in [1.29, 1.82) is 0 Å². The molecule has 0 spiro atoms. The summed E-state index contributed by atoms with van der Waals surface area (Å²) in [4.78, 5) is 14.4. The standard InChI is InChI=1S/C17H26N2O2/c1-16(2)11-19(12-17(3,4)21-16)15(20)10-9-13-7-5-6-8-14(13)18/h5-8H,9-12,18H2,1-4H3. The number of hydrogen-bond acceptors (Lipinski definition) is 3. The molecule has 116 valence electrons. The molecule has 2 N–H and O–H groups in total. The monoisotopic (exact) mass is 290 g/mol. The molecule has 1 aliphatic heterocycles. The van der Waals surface area contributed by atoms with Gasteiger partial charge in [0.2, 0.25) is 5.91 Å². The highest BCUT2D eigenvalue weighted by molar-refractivity contribution is 5.77. The summed E-state index contributed by atoms with van der Waals surface area (Å²) in [7, 11) is 0. The number of aryl methyl sites for hydroxylation is 1. The van der Waals surface area contributed by atoms with Gasteiger partial charge in [0.25, 0.3) is 0 Å². The summed E-state index contributed by atoms with van der Waals surface area (Å²) in [5, 5.41) is 0. The summed E-state index contributed by atoms with van der Waals surface area (Å²) in [5.74, 6) is 0.169. The number of morpholine rings is 1. The number of nitrogens with zero attached hydrogens (tertiary/aromatic N) is 1. The van der Waals surface area contributed by atoms with Gasteiger partial charge < -0.3 is 15.4 Å². The number of anilines is 1. The zero-order valence-corrected chi connectivity index (χ0v) is 13.5. The van der Waals surface area contributed by atoms with Crippen molar-refractivity contribution in [3.8, 4) is 0 Å². The number of ether oxygens (including phenoxy) is 1. The summed E-state index contributed by atoms with van der Waals surface area (Å²) in [6, 6.07) is 7.72. The van der Waals surface area contributed by atoms with E-state index in [1.807, 2.05) is 56.9 Å². The fourth-order valence-corrected chi connectivity index (χ4v) is 3.13. The van der Waals surface area contributed by atoms with E-state index in [2.05, 4.69) is 0 Å². The number of carbonyl (C=O) groups excluding carboxylic acids is 1. The van der Waals surface area contributed by atoms with Crippen LogP contribution in [0.25, 0.3) is 0 Å². The summed E-state index contributed by atoms with van der Waals surface area (Å²) < 4.78 is 6.01. The summed E-state index contributed by atoms with van der Waals surface area (Å²) in [6.07, 6.45) is 1.17. The largest absolute Gasteiger partial charge is 0.399 e. The second-order valence-corrected chi connectivity index (χ2v) is 7.07. The second-order valence-electron chi connectivity index (χ2n) is 7.07. The first-order chi connectivity index (χ1) is 9.69. The molecule has 1 aromatic carbocycles. The summed E-state index contributed by atoms with van der Waals surface area (Å²) >= 11 is 0. The van der Waals surface area contributed by atoms with Crippen LogP contribution >= 0.6 is 0 Å². The van der Waals surface area contributed by atoms with Crippen molar-refractivity contribution >= 4 is 11.6 Å². The molecule has 0 radical (unpaired) electrons. The first-order valence-corrected chi connectivity index (χ1v) is 7.50. The molecule has 21 heavy (non-hydrogen) atoms. The molecule has 0 saturated carbocycles. The predicted molar refractivity (Wildman–Crippen MR) is 85.0 cm³/mol. The van der Waals surface area contributed by atoms with E-state index in [0.717, 1.165) is 11.3 Å². The van der Waals surface area contributed by atoms with Crippen molar-refractivity contribution in [3.63, 3.8) is 0 Å². The maximum absolute atomic E-state index is 12.5. The molecular formula is C17H26N2O2. The van der Waals surface area contributed by atoms with Gasteiger partial charge in [-0.1, -0.05) is 18.2 Å². The molecule has 0 unspecified atom stereocenters. The first-order valence-electron chi connectivity index (χ1n) is 7.50. The molecule has 0 atom stereocenters. The smallest absolute Gasteiger partial charge is 0.223 e. The van der Waals surface area contributed by atoms with Crippen LogP contribution in [0, 0.1) is 0 Å². The maximum atomic E-state index is 12.5. The van der Waals surface area contributed by atoms with E-state index < -0.39 is 0 Å². The van der Waals surface area contributed by atoms with Crippen LogP contribution in [0.3, 0.4) is 0 Å².